The van der Waals surface area contributed by atoms with Gasteiger partial charge in [-0.1, -0.05) is 27.7 Å². The topological polar surface area (TPSA) is 53.6 Å². The molecular formula is C12H28N4. The molecule has 0 aromatic heterocycles. The summed E-state index contributed by atoms with van der Waals surface area (Å²) in [6.07, 6.45) is 0. The van der Waals surface area contributed by atoms with Crippen molar-refractivity contribution in [1.82, 2.24) is 10.2 Å². The molecule has 0 aliphatic rings. The fourth-order valence-corrected chi connectivity index (χ4v) is 1.57. The summed E-state index contributed by atoms with van der Waals surface area (Å²) in [6.45, 7) is 14.6. The van der Waals surface area contributed by atoms with Crippen molar-refractivity contribution in [2.45, 2.75) is 40.7 Å². The predicted molar refractivity (Wildman–Crippen MR) is 71.7 cm³/mol. The van der Waals surface area contributed by atoms with E-state index in [9.17, 15) is 0 Å². The SMILES string of the molecule is CCN(CC)C(C)CNC(N)=NCC(C)C. The quantitative estimate of drug-likeness (QED) is 0.510. The Hall–Kier alpha value is -0.770. The van der Waals surface area contributed by atoms with Crippen LogP contribution in [0.4, 0.5) is 0 Å². The van der Waals surface area contributed by atoms with Crippen LogP contribution in [0.2, 0.25) is 0 Å². The summed E-state index contributed by atoms with van der Waals surface area (Å²) in [5, 5.41) is 3.17. The van der Waals surface area contributed by atoms with Gasteiger partial charge in [0, 0.05) is 19.1 Å². The molecule has 0 spiro atoms. The van der Waals surface area contributed by atoms with Crippen molar-refractivity contribution in [1.29, 1.82) is 0 Å². The normalized spacial score (nSPS) is 14.6. The van der Waals surface area contributed by atoms with Gasteiger partial charge in [-0.15, -0.1) is 0 Å². The van der Waals surface area contributed by atoms with Gasteiger partial charge in [0.2, 0.25) is 0 Å². The van der Waals surface area contributed by atoms with Gasteiger partial charge >= 0.3 is 0 Å². The highest BCUT2D eigenvalue weighted by atomic mass is 15.2. The molecule has 0 aliphatic heterocycles. The van der Waals surface area contributed by atoms with Gasteiger partial charge in [-0.05, 0) is 25.9 Å². The number of nitrogens with one attached hydrogen (secondary N) is 1. The van der Waals surface area contributed by atoms with E-state index in [0.29, 0.717) is 17.9 Å². The monoisotopic (exact) mass is 228 g/mol. The molecule has 4 heteroatoms. The van der Waals surface area contributed by atoms with Crippen LogP contribution in [-0.2, 0) is 0 Å². The molecule has 0 fully saturated rings. The first-order valence-corrected chi connectivity index (χ1v) is 6.29. The Labute approximate surface area is 100 Å². The summed E-state index contributed by atoms with van der Waals surface area (Å²) in [5.41, 5.74) is 5.77. The number of guanidine groups is 1. The third kappa shape index (κ3) is 6.67. The maximum Gasteiger partial charge on any atom is 0.188 e. The van der Waals surface area contributed by atoms with Crippen LogP contribution >= 0.6 is 0 Å². The van der Waals surface area contributed by atoms with Crippen LogP contribution in [0.3, 0.4) is 0 Å². The molecule has 1 unspecified atom stereocenters. The lowest BCUT2D eigenvalue weighted by Gasteiger charge is -2.26. The lowest BCUT2D eigenvalue weighted by molar-refractivity contribution is 0.232. The average Bonchev–Trinajstić information content (AvgIpc) is 2.25. The molecule has 3 N–H and O–H groups in total. The molecule has 16 heavy (non-hydrogen) atoms. The number of likely N-dealkylation sites (N-methyl/N-ethyl adjacent to an activating group) is 1. The first-order valence-electron chi connectivity index (χ1n) is 6.29. The zero-order chi connectivity index (χ0) is 12.6. The Bertz CT molecular complexity index is 197. The molecule has 0 rings (SSSR count). The van der Waals surface area contributed by atoms with E-state index in [4.69, 9.17) is 5.73 Å². The number of nitrogens with two attached hydrogens (primary N) is 1. The second-order valence-electron chi connectivity index (χ2n) is 4.57. The lowest BCUT2D eigenvalue weighted by Crippen LogP contribution is -2.44. The van der Waals surface area contributed by atoms with Crippen LogP contribution in [0.15, 0.2) is 4.99 Å². The van der Waals surface area contributed by atoms with E-state index in [1.807, 2.05) is 0 Å². The molecular weight excluding hydrogens is 200 g/mol. The van der Waals surface area contributed by atoms with E-state index in [-0.39, 0.29) is 0 Å². The largest absolute Gasteiger partial charge is 0.370 e. The third-order valence-electron chi connectivity index (χ3n) is 2.64. The van der Waals surface area contributed by atoms with Crippen LogP contribution in [0, 0.1) is 5.92 Å². The molecule has 0 radical (unpaired) electrons. The van der Waals surface area contributed by atoms with Crippen LogP contribution < -0.4 is 11.1 Å². The Morgan fingerprint density at radius 3 is 2.25 bits per heavy atom. The summed E-state index contributed by atoms with van der Waals surface area (Å²) in [6, 6.07) is 0.489. The fourth-order valence-electron chi connectivity index (χ4n) is 1.57. The smallest absolute Gasteiger partial charge is 0.188 e. The van der Waals surface area contributed by atoms with E-state index < -0.39 is 0 Å². The lowest BCUT2D eigenvalue weighted by atomic mass is 10.2. The van der Waals surface area contributed by atoms with Gasteiger partial charge in [-0.3, -0.25) is 9.89 Å². The first-order chi connectivity index (χ1) is 7.51. The van der Waals surface area contributed by atoms with Crippen molar-refractivity contribution >= 4 is 5.96 Å². The van der Waals surface area contributed by atoms with Crippen LogP contribution in [0.5, 0.6) is 0 Å². The average molecular weight is 228 g/mol. The summed E-state index contributed by atoms with van der Waals surface area (Å²) in [5.74, 6) is 1.12. The highest BCUT2D eigenvalue weighted by molar-refractivity contribution is 5.77. The minimum Gasteiger partial charge on any atom is -0.370 e. The van der Waals surface area contributed by atoms with Crippen molar-refractivity contribution < 1.29 is 0 Å². The Morgan fingerprint density at radius 2 is 1.81 bits per heavy atom. The second kappa shape index (κ2) is 8.39. The Balaban J connectivity index is 3.90. The number of hydrogen-bond acceptors (Lipinski definition) is 2. The summed E-state index contributed by atoms with van der Waals surface area (Å²) in [7, 11) is 0. The molecule has 0 heterocycles. The summed E-state index contributed by atoms with van der Waals surface area (Å²) < 4.78 is 0. The zero-order valence-corrected chi connectivity index (χ0v) is 11.5. The minimum absolute atomic E-state index is 0.489. The molecule has 0 aliphatic carbocycles. The van der Waals surface area contributed by atoms with E-state index in [1.165, 1.54) is 0 Å². The maximum absolute atomic E-state index is 5.77. The van der Waals surface area contributed by atoms with E-state index in [1.54, 1.807) is 0 Å². The Morgan fingerprint density at radius 1 is 1.25 bits per heavy atom. The van der Waals surface area contributed by atoms with Gasteiger partial charge in [-0.2, -0.15) is 0 Å². The zero-order valence-electron chi connectivity index (χ0n) is 11.5. The standard InChI is InChI=1S/C12H28N4/c1-6-16(7-2)11(5)9-15-12(13)14-8-10(3)4/h10-11H,6-9H2,1-5H3,(H3,13,14,15). The summed E-state index contributed by atoms with van der Waals surface area (Å²) >= 11 is 0. The highest BCUT2D eigenvalue weighted by Gasteiger charge is 2.09. The number of hydrogen-bond donors (Lipinski definition) is 2. The van der Waals surface area contributed by atoms with Gasteiger partial charge < -0.3 is 11.1 Å². The van der Waals surface area contributed by atoms with Gasteiger partial charge in [-0.25, -0.2) is 0 Å². The number of nitrogens with zero attached hydrogens (tertiary/aromatic N) is 2. The minimum atomic E-state index is 0.489. The number of aliphatic imine (C=N–C) groups is 1. The first kappa shape index (κ1) is 15.2. The number of rotatable bonds is 7. The van der Waals surface area contributed by atoms with Crippen LogP contribution in [0.25, 0.3) is 0 Å². The molecule has 0 saturated carbocycles. The molecule has 0 amide bonds. The molecule has 96 valence electrons. The van der Waals surface area contributed by atoms with Gasteiger partial charge in [0.25, 0.3) is 0 Å². The fraction of sp³-hybridized carbons (Fsp3) is 0.917. The van der Waals surface area contributed by atoms with E-state index in [2.05, 4.69) is 49.8 Å². The molecule has 0 saturated heterocycles. The molecule has 0 aromatic rings. The van der Waals surface area contributed by atoms with Gasteiger partial charge in [0.15, 0.2) is 5.96 Å². The van der Waals surface area contributed by atoms with Crippen LogP contribution in [0.1, 0.15) is 34.6 Å². The van der Waals surface area contributed by atoms with Crippen molar-refractivity contribution in [3.05, 3.63) is 0 Å². The highest BCUT2D eigenvalue weighted by Crippen LogP contribution is 1.96. The molecule has 0 aromatic carbocycles. The molecule has 1 atom stereocenters. The second-order valence-corrected chi connectivity index (χ2v) is 4.57. The van der Waals surface area contributed by atoms with E-state index in [0.717, 1.165) is 26.2 Å². The van der Waals surface area contributed by atoms with Crippen molar-refractivity contribution in [3.8, 4) is 0 Å². The predicted octanol–water partition coefficient (Wildman–Crippen LogP) is 1.28. The maximum atomic E-state index is 5.77. The van der Waals surface area contributed by atoms with E-state index >= 15 is 0 Å². The van der Waals surface area contributed by atoms with Crippen LogP contribution in [-0.4, -0.2) is 43.1 Å². The van der Waals surface area contributed by atoms with Crippen molar-refractivity contribution in [2.24, 2.45) is 16.6 Å². The third-order valence-corrected chi connectivity index (χ3v) is 2.64. The van der Waals surface area contributed by atoms with Crippen molar-refractivity contribution in [3.63, 3.8) is 0 Å². The molecule has 0 bridgehead atoms. The Kier molecular flexibility index (Phi) is 7.99. The summed E-state index contributed by atoms with van der Waals surface area (Å²) in [4.78, 5) is 6.66. The molecule has 4 nitrogen and oxygen atoms in total. The van der Waals surface area contributed by atoms with Gasteiger partial charge in [0.05, 0.1) is 0 Å². The van der Waals surface area contributed by atoms with Crippen molar-refractivity contribution in [2.75, 3.05) is 26.2 Å². The van der Waals surface area contributed by atoms with Gasteiger partial charge in [0.1, 0.15) is 0 Å².